The Hall–Kier alpha value is -4.05. The molecule has 7 heteroatoms. The third-order valence-electron chi connectivity index (χ3n) is 3.91. The zero-order valence-electron chi connectivity index (χ0n) is 16.0. The summed E-state index contributed by atoms with van der Waals surface area (Å²) in [6.07, 6.45) is -0.728. The highest BCUT2D eigenvalue weighted by Gasteiger charge is 2.15. The lowest BCUT2D eigenvalue weighted by Gasteiger charge is -2.15. The van der Waals surface area contributed by atoms with E-state index in [4.69, 9.17) is 19.5 Å². The van der Waals surface area contributed by atoms with Crippen LogP contribution in [0, 0.1) is 11.3 Å². The number of nitriles is 1. The van der Waals surface area contributed by atoms with Crippen molar-refractivity contribution in [3.05, 3.63) is 72.3 Å². The fourth-order valence-corrected chi connectivity index (χ4v) is 2.40. The molecule has 0 aliphatic heterocycles. The van der Waals surface area contributed by atoms with Crippen LogP contribution in [0.15, 0.2) is 66.7 Å². The molecule has 3 rings (SSSR count). The van der Waals surface area contributed by atoms with E-state index in [1.165, 1.54) is 7.11 Å². The summed E-state index contributed by atoms with van der Waals surface area (Å²) in [4.78, 5) is 16.5. The Morgan fingerprint density at radius 3 is 2.24 bits per heavy atom. The summed E-state index contributed by atoms with van der Waals surface area (Å²) in [5.41, 5.74) is 0.567. The first-order valence-corrected chi connectivity index (χ1v) is 8.84. The number of carbonyl (C=O) groups is 1. The summed E-state index contributed by atoms with van der Waals surface area (Å²) >= 11 is 0. The molecule has 0 aliphatic rings. The fourth-order valence-electron chi connectivity index (χ4n) is 2.40. The molecule has 29 heavy (non-hydrogen) atoms. The molecule has 1 heterocycles. The van der Waals surface area contributed by atoms with Crippen LogP contribution < -0.4 is 19.5 Å². The summed E-state index contributed by atoms with van der Waals surface area (Å²) < 4.78 is 16.4. The number of rotatable bonds is 7. The molecule has 7 nitrogen and oxygen atoms in total. The third kappa shape index (κ3) is 5.47. The van der Waals surface area contributed by atoms with E-state index >= 15 is 0 Å². The maximum atomic E-state index is 12.3. The number of aromatic nitrogens is 1. The van der Waals surface area contributed by atoms with Crippen molar-refractivity contribution < 1.29 is 19.0 Å². The number of ether oxygens (including phenoxy) is 3. The Bertz CT molecular complexity index is 1010. The Labute approximate surface area is 168 Å². The second-order valence-corrected chi connectivity index (χ2v) is 6.02. The standard InChI is InChI=1S/C22H19N3O4/c1-15(22(26)25-20-4-3-5-21(24-20)27-2)28-17-10-12-19(13-11-17)29-18-8-6-16(14-23)7-9-18/h3-13,15H,1-2H3,(H,24,25,26). The molecule has 2 aromatic carbocycles. The highest BCUT2D eigenvalue weighted by molar-refractivity contribution is 5.93. The molecule has 3 aromatic rings. The number of hydrogen-bond acceptors (Lipinski definition) is 6. The van der Waals surface area contributed by atoms with Gasteiger partial charge in [-0.25, -0.2) is 0 Å². The molecule has 0 radical (unpaired) electrons. The first-order valence-electron chi connectivity index (χ1n) is 8.84. The Morgan fingerprint density at radius 1 is 1.00 bits per heavy atom. The van der Waals surface area contributed by atoms with Gasteiger partial charge in [0.2, 0.25) is 5.88 Å². The van der Waals surface area contributed by atoms with E-state index in [1.54, 1.807) is 73.7 Å². The van der Waals surface area contributed by atoms with Gasteiger partial charge >= 0.3 is 0 Å². The number of hydrogen-bond donors (Lipinski definition) is 1. The molecule has 1 amide bonds. The summed E-state index contributed by atoms with van der Waals surface area (Å²) in [6, 6.07) is 20.9. The lowest BCUT2D eigenvalue weighted by atomic mass is 10.2. The van der Waals surface area contributed by atoms with Gasteiger partial charge in [0.05, 0.1) is 18.7 Å². The summed E-state index contributed by atoms with van der Waals surface area (Å²) in [5.74, 6) is 2.23. The van der Waals surface area contributed by atoms with Crippen LogP contribution in [0.4, 0.5) is 5.82 Å². The zero-order chi connectivity index (χ0) is 20.6. The Morgan fingerprint density at radius 2 is 1.62 bits per heavy atom. The monoisotopic (exact) mass is 389 g/mol. The second kappa shape index (κ2) is 9.24. The Kier molecular flexibility index (Phi) is 6.28. The van der Waals surface area contributed by atoms with Crippen LogP contribution in [0.2, 0.25) is 0 Å². The molecule has 0 bridgehead atoms. The number of anilines is 1. The van der Waals surface area contributed by atoms with Gasteiger partial charge in [-0.05, 0) is 61.5 Å². The van der Waals surface area contributed by atoms with Crippen molar-refractivity contribution in [2.45, 2.75) is 13.0 Å². The van der Waals surface area contributed by atoms with Crippen molar-refractivity contribution in [1.29, 1.82) is 5.26 Å². The largest absolute Gasteiger partial charge is 0.481 e. The molecule has 0 spiro atoms. The van der Waals surface area contributed by atoms with Crippen LogP contribution >= 0.6 is 0 Å². The number of nitrogens with zero attached hydrogens (tertiary/aromatic N) is 2. The van der Waals surface area contributed by atoms with Crippen LogP contribution in [-0.4, -0.2) is 24.1 Å². The summed E-state index contributed by atoms with van der Waals surface area (Å²) in [5, 5.41) is 11.5. The van der Waals surface area contributed by atoms with Gasteiger partial charge in [-0.3, -0.25) is 4.79 Å². The van der Waals surface area contributed by atoms with Gasteiger partial charge in [0.15, 0.2) is 6.10 Å². The van der Waals surface area contributed by atoms with Crippen molar-refractivity contribution in [3.63, 3.8) is 0 Å². The molecular weight excluding hydrogens is 370 g/mol. The lowest BCUT2D eigenvalue weighted by molar-refractivity contribution is -0.122. The van der Waals surface area contributed by atoms with E-state index in [0.29, 0.717) is 34.5 Å². The fraction of sp³-hybridized carbons (Fsp3) is 0.136. The number of nitrogens with one attached hydrogen (secondary N) is 1. The second-order valence-electron chi connectivity index (χ2n) is 6.02. The van der Waals surface area contributed by atoms with Crippen LogP contribution in [0.1, 0.15) is 12.5 Å². The summed E-state index contributed by atoms with van der Waals surface area (Å²) in [6.45, 7) is 1.65. The number of benzene rings is 2. The van der Waals surface area contributed by atoms with Gasteiger partial charge in [0, 0.05) is 6.07 Å². The summed E-state index contributed by atoms with van der Waals surface area (Å²) in [7, 11) is 1.51. The normalized spacial score (nSPS) is 11.1. The minimum Gasteiger partial charge on any atom is -0.481 e. The zero-order valence-corrected chi connectivity index (χ0v) is 16.0. The van der Waals surface area contributed by atoms with Crippen molar-refractivity contribution in [2.75, 3.05) is 12.4 Å². The average Bonchev–Trinajstić information content (AvgIpc) is 2.75. The quantitative estimate of drug-likeness (QED) is 0.652. The molecule has 146 valence electrons. The topological polar surface area (TPSA) is 93.5 Å². The van der Waals surface area contributed by atoms with Gasteiger partial charge in [-0.2, -0.15) is 10.2 Å². The van der Waals surface area contributed by atoms with E-state index in [-0.39, 0.29) is 5.91 Å². The van der Waals surface area contributed by atoms with Crippen LogP contribution in [-0.2, 0) is 4.79 Å². The average molecular weight is 389 g/mol. The molecule has 0 fully saturated rings. The van der Waals surface area contributed by atoms with Crippen molar-refractivity contribution >= 4 is 11.7 Å². The highest BCUT2D eigenvalue weighted by atomic mass is 16.5. The van der Waals surface area contributed by atoms with E-state index in [2.05, 4.69) is 16.4 Å². The third-order valence-corrected chi connectivity index (χ3v) is 3.91. The van der Waals surface area contributed by atoms with Crippen molar-refractivity contribution in [2.24, 2.45) is 0 Å². The van der Waals surface area contributed by atoms with Gasteiger partial charge < -0.3 is 19.5 Å². The van der Waals surface area contributed by atoms with E-state index < -0.39 is 6.10 Å². The van der Waals surface area contributed by atoms with Crippen molar-refractivity contribution in [3.8, 4) is 29.2 Å². The van der Waals surface area contributed by atoms with Crippen LogP contribution in [0.25, 0.3) is 0 Å². The smallest absolute Gasteiger partial charge is 0.266 e. The van der Waals surface area contributed by atoms with E-state index in [1.807, 2.05) is 0 Å². The Balaban J connectivity index is 1.56. The van der Waals surface area contributed by atoms with Crippen molar-refractivity contribution in [1.82, 2.24) is 4.98 Å². The lowest BCUT2D eigenvalue weighted by Crippen LogP contribution is -2.30. The number of amides is 1. The predicted octanol–water partition coefficient (Wildman–Crippen LogP) is 4.16. The number of carbonyl (C=O) groups excluding carboxylic acids is 1. The minimum absolute atomic E-state index is 0.330. The molecule has 0 saturated carbocycles. The predicted molar refractivity (Wildman–Crippen MR) is 107 cm³/mol. The molecule has 1 aromatic heterocycles. The highest BCUT2D eigenvalue weighted by Crippen LogP contribution is 2.24. The maximum absolute atomic E-state index is 12.3. The maximum Gasteiger partial charge on any atom is 0.266 e. The molecule has 1 atom stereocenters. The number of methoxy groups -OCH3 is 1. The van der Waals surface area contributed by atoms with Gasteiger partial charge in [-0.1, -0.05) is 6.07 Å². The molecule has 0 saturated heterocycles. The van der Waals surface area contributed by atoms with Gasteiger partial charge in [0.1, 0.15) is 23.1 Å². The van der Waals surface area contributed by atoms with Crippen LogP contribution in [0.5, 0.6) is 23.1 Å². The molecule has 1 unspecified atom stereocenters. The molecule has 0 aliphatic carbocycles. The molecule has 1 N–H and O–H groups in total. The molecular formula is C22H19N3O4. The minimum atomic E-state index is -0.728. The van der Waals surface area contributed by atoms with Gasteiger partial charge in [-0.15, -0.1) is 0 Å². The van der Waals surface area contributed by atoms with E-state index in [9.17, 15) is 4.79 Å². The van der Waals surface area contributed by atoms with E-state index in [0.717, 1.165) is 0 Å². The van der Waals surface area contributed by atoms with Gasteiger partial charge in [0.25, 0.3) is 5.91 Å². The number of pyridine rings is 1. The first kappa shape index (κ1) is 19.7. The van der Waals surface area contributed by atoms with Crippen LogP contribution in [0.3, 0.4) is 0 Å². The SMILES string of the molecule is COc1cccc(NC(=O)C(C)Oc2ccc(Oc3ccc(C#N)cc3)cc2)n1. The first-order chi connectivity index (χ1) is 14.1.